The fourth-order valence-corrected chi connectivity index (χ4v) is 3.00. The van der Waals surface area contributed by atoms with E-state index < -0.39 is 42.5 Å². The zero-order chi connectivity index (χ0) is 21.7. The molecular weight excluding hydrogens is 390 g/mol. The molecule has 1 fully saturated rings. The molecule has 0 saturated carbocycles. The summed E-state index contributed by atoms with van der Waals surface area (Å²) in [7, 11) is 1.53. The summed E-state index contributed by atoms with van der Waals surface area (Å²) in [5.74, 6) is -1.37. The number of methoxy groups -OCH3 is 1. The van der Waals surface area contributed by atoms with E-state index in [9.17, 15) is 19.2 Å². The molecule has 3 rings (SSSR count). The topological polar surface area (TPSA) is 114 Å². The van der Waals surface area contributed by atoms with Crippen molar-refractivity contribution in [2.45, 2.75) is 12.5 Å². The third-order valence-electron chi connectivity index (χ3n) is 4.65. The van der Waals surface area contributed by atoms with Gasteiger partial charge >= 0.3 is 12.0 Å². The van der Waals surface area contributed by atoms with E-state index >= 15 is 0 Å². The largest absolute Gasteiger partial charge is 0.497 e. The Hall–Kier alpha value is -3.88. The van der Waals surface area contributed by atoms with Gasteiger partial charge in [-0.1, -0.05) is 30.3 Å². The molecule has 2 aromatic carbocycles. The van der Waals surface area contributed by atoms with Crippen LogP contribution in [0.1, 0.15) is 12.5 Å². The second-order valence-corrected chi connectivity index (χ2v) is 6.75. The minimum atomic E-state index is -1.27. The molecule has 9 heteroatoms. The highest BCUT2D eigenvalue weighted by Crippen LogP contribution is 2.28. The van der Waals surface area contributed by atoms with Gasteiger partial charge in [-0.15, -0.1) is 0 Å². The molecule has 0 aliphatic carbocycles. The van der Waals surface area contributed by atoms with Gasteiger partial charge in [-0.3, -0.25) is 19.3 Å². The molecule has 0 bridgehead atoms. The minimum Gasteiger partial charge on any atom is -0.497 e. The number of carbonyl (C=O) groups is 4. The molecular formula is C21H21N3O6. The number of urea groups is 1. The summed E-state index contributed by atoms with van der Waals surface area (Å²) in [6.45, 7) is 0.420. The van der Waals surface area contributed by atoms with Crippen LogP contribution in [-0.4, -0.2) is 49.0 Å². The van der Waals surface area contributed by atoms with E-state index in [1.807, 2.05) is 0 Å². The van der Waals surface area contributed by atoms with Gasteiger partial charge in [-0.2, -0.15) is 0 Å². The molecule has 1 saturated heterocycles. The lowest BCUT2D eigenvalue weighted by atomic mass is 9.92. The molecule has 4 amide bonds. The van der Waals surface area contributed by atoms with Crippen LogP contribution in [0.15, 0.2) is 54.6 Å². The van der Waals surface area contributed by atoms with Crippen LogP contribution in [0.25, 0.3) is 0 Å². The first kappa shape index (κ1) is 20.8. The monoisotopic (exact) mass is 411 g/mol. The number of anilines is 1. The van der Waals surface area contributed by atoms with Gasteiger partial charge in [0, 0.05) is 5.69 Å². The Balaban J connectivity index is 1.53. The highest BCUT2D eigenvalue weighted by Gasteiger charge is 2.49. The number of ether oxygens (including phenoxy) is 2. The van der Waals surface area contributed by atoms with Crippen LogP contribution < -0.4 is 15.4 Å². The predicted octanol–water partition coefficient (Wildman–Crippen LogP) is 1.64. The van der Waals surface area contributed by atoms with Crippen molar-refractivity contribution >= 4 is 29.5 Å². The summed E-state index contributed by atoms with van der Waals surface area (Å²) in [5.41, 5.74) is -0.174. The number of esters is 1. The molecule has 1 atom stereocenters. The van der Waals surface area contributed by atoms with Crippen molar-refractivity contribution < 1.29 is 28.7 Å². The van der Waals surface area contributed by atoms with Crippen LogP contribution in [-0.2, 0) is 24.7 Å². The van der Waals surface area contributed by atoms with Gasteiger partial charge in [0.1, 0.15) is 17.8 Å². The number of carbonyl (C=O) groups excluding carboxylic acids is 4. The van der Waals surface area contributed by atoms with Crippen molar-refractivity contribution in [1.82, 2.24) is 10.2 Å². The summed E-state index contributed by atoms with van der Waals surface area (Å²) >= 11 is 0. The normalized spacial score (nSPS) is 18.0. The van der Waals surface area contributed by atoms with Crippen LogP contribution in [0.3, 0.4) is 0 Å². The summed E-state index contributed by atoms with van der Waals surface area (Å²) in [5, 5.41) is 5.16. The fraction of sp³-hybridized carbons (Fsp3) is 0.238. The minimum absolute atomic E-state index is 0.504. The Morgan fingerprint density at radius 2 is 1.73 bits per heavy atom. The number of hydrogen-bond donors (Lipinski definition) is 2. The van der Waals surface area contributed by atoms with Gasteiger partial charge in [-0.05, 0) is 36.8 Å². The third-order valence-corrected chi connectivity index (χ3v) is 4.65. The number of nitrogens with zero attached hydrogens (tertiary/aromatic N) is 1. The quantitative estimate of drug-likeness (QED) is 0.529. The second kappa shape index (κ2) is 8.64. The van der Waals surface area contributed by atoms with Crippen LogP contribution in [0.5, 0.6) is 5.75 Å². The number of benzene rings is 2. The highest BCUT2D eigenvalue weighted by atomic mass is 16.5. The standard InChI is InChI=1S/C21H21N3O6/c1-21(14-6-4-3-5-7-14)19(27)24(20(28)23-21)12-18(26)30-13-17(25)22-15-8-10-16(29-2)11-9-15/h3-11H,12-13H2,1-2H3,(H,22,25)(H,23,28)/t21-/m0/s1. The van der Waals surface area contributed by atoms with Crippen LogP contribution >= 0.6 is 0 Å². The highest BCUT2D eigenvalue weighted by molar-refractivity contribution is 6.09. The zero-order valence-electron chi connectivity index (χ0n) is 16.5. The lowest BCUT2D eigenvalue weighted by Gasteiger charge is -2.21. The number of imide groups is 1. The summed E-state index contributed by atoms with van der Waals surface area (Å²) in [4.78, 5) is 49.8. The molecule has 30 heavy (non-hydrogen) atoms. The van der Waals surface area contributed by atoms with Gasteiger partial charge in [0.15, 0.2) is 6.61 Å². The summed E-state index contributed by atoms with van der Waals surface area (Å²) < 4.78 is 9.93. The zero-order valence-corrected chi connectivity index (χ0v) is 16.5. The van der Waals surface area contributed by atoms with Gasteiger partial charge in [0.05, 0.1) is 7.11 Å². The first-order chi connectivity index (χ1) is 14.3. The Bertz CT molecular complexity index is 960. The Labute approximate surface area is 172 Å². The van der Waals surface area contributed by atoms with Gasteiger partial charge in [-0.25, -0.2) is 4.79 Å². The predicted molar refractivity (Wildman–Crippen MR) is 107 cm³/mol. The van der Waals surface area contributed by atoms with E-state index in [4.69, 9.17) is 9.47 Å². The average Bonchev–Trinajstić information content (AvgIpc) is 2.97. The molecule has 0 aromatic heterocycles. The Morgan fingerprint density at radius 1 is 1.07 bits per heavy atom. The summed E-state index contributed by atoms with van der Waals surface area (Å²) in [6, 6.07) is 14.6. The van der Waals surface area contributed by atoms with Crippen LogP contribution in [0, 0.1) is 0 Å². The molecule has 0 spiro atoms. The number of amides is 4. The van der Waals surface area contributed by atoms with E-state index in [1.165, 1.54) is 7.11 Å². The van der Waals surface area contributed by atoms with E-state index in [-0.39, 0.29) is 0 Å². The first-order valence-electron chi connectivity index (χ1n) is 9.12. The molecule has 1 aliphatic heterocycles. The summed E-state index contributed by atoms with van der Waals surface area (Å²) in [6.07, 6.45) is 0. The van der Waals surface area contributed by atoms with Gasteiger partial charge in [0.25, 0.3) is 11.8 Å². The lowest BCUT2D eigenvalue weighted by molar-refractivity contribution is -0.150. The molecule has 2 N–H and O–H groups in total. The van der Waals surface area contributed by atoms with Crippen LogP contribution in [0.2, 0.25) is 0 Å². The van der Waals surface area contributed by atoms with Gasteiger partial charge < -0.3 is 20.1 Å². The first-order valence-corrected chi connectivity index (χ1v) is 9.12. The second-order valence-electron chi connectivity index (χ2n) is 6.75. The molecule has 1 heterocycles. The average molecular weight is 411 g/mol. The molecule has 0 unspecified atom stereocenters. The molecule has 156 valence electrons. The lowest BCUT2D eigenvalue weighted by Crippen LogP contribution is -2.41. The maximum atomic E-state index is 12.8. The molecule has 1 aliphatic rings. The van der Waals surface area contributed by atoms with E-state index in [0.717, 1.165) is 4.90 Å². The molecule has 9 nitrogen and oxygen atoms in total. The SMILES string of the molecule is COc1ccc(NC(=O)COC(=O)CN2C(=O)N[C@@](C)(c3ccccc3)C2=O)cc1. The van der Waals surface area contributed by atoms with Gasteiger partial charge in [0.2, 0.25) is 0 Å². The Kier molecular flexibility index (Phi) is 6.01. The Morgan fingerprint density at radius 3 is 2.37 bits per heavy atom. The number of nitrogens with one attached hydrogen (secondary N) is 2. The van der Waals surface area contributed by atoms with Crippen molar-refractivity contribution in [3.05, 3.63) is 60.2 Å². The third kappa shape index (κ3) is 4.40. The van der Waals surface area contributed by atoms with Crippen molar-refractivity contribution in [2.75, 3.05) is 25.6 Å². The number of rotatable bonds is 7. The van der Waals surface area contributed by atoms with Crippen molar-refractivity contribution in [2.24, 2.45) is 0 Å². The smallest absolute Gasteiger partial charge is 0.326 e. The van der Waals surface area contributed by atoms with E-state index in [1.54, 1.807) is 61.5 Å². The maximum Gasteiger partial charge on any atom is 0.326 e. The van der Waals surface area contributed by atoms with Crippen molar-refractivity contribution in [1.29, 1.82) is 0 Å². The fourth-order valence-electron chi connectivity index (χ4n) is 3.00. The van der Waals surface area contributed by atoms with Crippen molar-refractivity contribution in [3.63, 3.8) is 0 Å². The maximum absolute atomic E-state index is 12.8. The number of hydrogen-bond acceptors (Lipinski definition) is 6. The van der Waals surface area contributed by atoms with Crippen molar-refractivity contribution in [3.8, 4) is 5.75 Å². The van der Waals surface area contributed by atoms with Crippen LogP contribution in [0.4, 0.5) is 10.5 Å². The van der Waals surface area contributed by atoms with E-state index in [2.05, 4.69) is 10.6 Å². The molecule has 2 aromatic rings. The van der Waals surface area contributed by atoms with E-state index in [0.29, 0.717) is 17.0 Å². The molecule has 0 radical (unpaired) electrons.